The molecule has 0 heterocycles. The third-order valence-corrected chi connectivity index (χ3v) is 1.23. The van der Waals surface area contributed by atoms with Gasteiger partial charge in [0.25, 0.3) is 0 Å². The zero-order chi connectivity index (χ0) is 7.11. The van der Waals surface area contributed by atoms with E-state index in [4.69, 9.17) is 11.6 Å². The average molecular weight is 147 g/mol. The Morgan fingerprint density at radius 1 is 1.67 bits per heavy atom. The minimum Gasteiger partial charge on any atom is -0.299 e. The first-order valence-electron chi connectivity index (χ1n) is 2.99. The second-order valence-electron chi connectivity index (χ2n) is 1.82. The van der Waals surface area contributed by atoms with Gasteiger partial charge in [0.1, 0.15) is 5.78 Å². The predicted octanol–water partition coefficient (Wildman–Crippen LogP) is 2.15. The van der Waals surface area contributed by atoms with Crippen molar-refractivity contribution in [3.63, 3.8) is 0 Å². The summed E-state index contributed by atoms with van der Waals surface area (Å²) in [5.74, 6) is 0.800. The maximum Gasteiger partial charge on any atom is 0.136 e. The Bertz CT molecular complexity index is 99.1. The lowest BCUT2D eigenvalue weighted by molar-refractivity contribution is -0.118. The van der Waals surface area contributed by atoms with Crippen LogP contribution in [0.15, 0.2) is 12.7 Å². The van der Waals surface area contributed by atoms with Crippen molar-refractivity contribution < 1.29 is 4.79 Å². The molecular formula is C7H11ClO. The number of rotatable bonds is 5. The molecule has 0 aromatic rings. The summed E-state index contributed by atoms with van der Waals surface area (Å²) >= 11 is 5.37. The highest BCUT2D eigenvalue weighted by molar-refractivity contribution is 6.17. The van der Waals surface area contributed by atoms with Crippen molar-refractivity contribution in [3.05, 3.63) is 12.7 Å². The zero-order valence-electron chi connectivity index (χ0n) is 5.40. The van der Waals surface area contributed by atoms with Gasteiger partial charge in [-0.1, -0.05) is 6.08 Å². The Morgan fingerprint density at radius 2 is 2.33 bits per heavy atom. The second kappa shape index (κ2) is 5.83. The monoisotopic (exact) mass is 146 g/mol. The molecule has 0 fully saturated rings. The van der Waals surface area contributed by atoms with Gasteiger partial charge in [-0.05, 0) is 6.42 Å². The Balaban J connectivity index is 3.16. The van der Waals surface area contributed by atoms with Crippen molar-refractivity contribution in [2.24, 2.45) is 0 Å². The van der Waals surface area contributed by atoms with Gasteiger partial charge in [-0.15, -0.1) is 18.2 Å². The smallest absolute Gasteiger partial charge is 0.136 e. The fraction of sp³-hybridized carbons (Fsp3) is 0.571. The summed E-state index contributed by atoms with van der Waals surface area (Å²) in [6.07, 6.45) is 3.48. The number of hydrogen-bond donors (Lipinski definition) is 0. The highest BCUT2D eigenvalue weighted by Gasteiger charge is 1.95. The predicted molar refractivity (Wildman–Crippen MR) is 39.8 cm³/mol. The van der Waals surface area contributed by atoms with Crippen LogP contribution in [0.5, 0.6) is 0 Å². The summed E-state index contributed by atoms with van der Waals surface area (Å²) in [5.41, 5.74) is 0. The number of halogens is 1. The lowest BCUT2D eigenvalue weighted by Crippen LogP contribution is -1.94. The lowest BCUT2D eigenvalue weighted by Gasteiger charge is -1.91. The highest BCUT2D eigenvalue weighted by atomic mass is 35.5. The first-order valence-corrected chi connectivity index (χ1v) is 3.53. The standard InChI is InChI=1S/C7H11ClO/c1-2-4-7(9)5-3-6-8/h2H,1,3-6H2. The zero-order valence-corrected chi connectivity index (χ0v) is 6.16. The molecule has 0 spiro atoms. The SMILES string of the molecule is C=CCC(=O)CCCCl. The van der Waals surface area contributed by atoms with Crippen molar-refractivity contribution in [1.82, 2.24) is 0 Å². The van der Waals surface area contributed by atoms with Gasteiger partial charge < -0.3 is 0 Å². The summed E-state index contributed by atoms with van der Waals surface area (Å²) in [6, 6.07) is 0. The van der Waals surface area contributed by atoms with E-state index < -0.39 is 0 Å². The molecule has 0 saturated heterocycles. The van der Waals surface area contributed by atoms with Crippen molar-refractivity contribution in [2.45, 2.75) is 19.3 Å². The van der Waals surface area contributed by atoms with Crippen LogP contribution in [0.1, 0.15) is 19.3 Å². The quantitative estimate of drug-likeness (QED) is 0.429. The molecular weight excluding hydrogens is 136 g/mol. The van der Waals surface area contributed by atoms with Crippen LogP contribution >= 0.6 is 11.6 Å². The highest BCUT2D eigenvalue weighted by Crippen LogP contribution is 1.96. The summed E-state index contributed by atoms with van der Waals surface area (Å²) in [6.45, 7) is 3.45. The summed E-state index contributed by atoms with van der Waals surface area (Å²) < 4.78 is 0. The van der Waals surface area contributed by atoms with Crippen molar-refractivity contribution >= 4 is 17.4 Å². The van der Waals surface area contributed by atoms with Gasteiger partial charge in [0.2, 0.25) is 0 Å². The topological polar surface area (TPSA) is 17.1 Å². The average Bonchev–Trinajstić information content (AvgIpc) is 1.85. The molecule has 9 heavy (non-hydrogen) atoms. The van der Waals surface area contributed by atoms with Crippen LogP contribution in [0, 0.1) is 0 Å². The van der Waals surface area contributed by atoms with Gasteiger partial charge in [-0.3, -0.25) is 4.79 Å². The maximum atomic E-state index is 10.7. The lowest BCUT2D eigenvalue weighted by atomic mass is 10.2. The molecule has 0 aliphatic heterocycles. The molecule has 1 nitrogen and oxygen atoms in total. The molecule has 0 radical (unpaired) electrons. The van der Waals surface area contributed by atoms with Crippen LogP contribution in [-0.2, 0) is 4.79 Å². The van der Waals surface area contributed by atoms with E-state index in [0.29, 0.717) is 18.7 Å². The molecule has 0 rings (SSSR count). The number of carbonyl (C=O) groups excluding carboxylic acids is 1. The Labute approximate surface area is 60.7 Å². The van der Waals surface area contributed by atoms with Crippen molar-refractivity contribution in [3.8, 4) is 0 Å². The number of allylic oxidation sites excluding steroid dienone is 1. The van der Waals surface area contributed by atoms with Crippen LogP contribution in [0.25, 0.3) is 0 Å². The molecule has 2 heteroatoms. The Morgan fingerprint density at radius 3 is 2.78 bits per heavy atom. The van der Waals surface area contributed by atoms with E-state index in [1.807, 2.05) is 0 Å². The number of ketones is 1. The molecule has 0 aliphatic rings. The fourth-order valence-corrected chi connectivity index (χ4v) is 0.661. The molecule has 0 atom stereocenters. The van der Waals surface area contributed by atoms with Crippen LogP contribution in [-0.4, -0.2) is 11.7 Å². The van der Waals surface area contributed by atoms with Gasteiger partial charge in [0, 0.05) is 18.7 Å². The minimum atomic E-state index is 0.227. The normalized spacial score (nSPS) is 9.00. The third kappa shape index (κ3) is 5.57. The minimum absolute atomic E-state index is 0.227. The van der Waals surface area contributed by atoms with Gasteiger partial charge in [-0.25, -0.2) is 0 Å². The maximum absolute atomic E-state index is 10.7. The van der Waals surface area contributed by atoms with Gasteiger partial charge in [-0.2, -0.15) is 0 Å². The van der Waals surface area contributed by atoms with E-state index in [2.05, 4.69) is 6.58 Å². The molecule has 0 aromatic carbocycles. The molecule has 0 saturated carbocycles. The van der Waals surface area contributed by atoms with E-state index in [1.165, 1.54) is 0 Å². The molecule has 0 amide bonds. The number of hydrogen-bond acceptors (Lipinski definition) is 1. The van der Waals surface area contributed by atoms with Crippen LogP contribution in [0.2, 0.25) is 0 Å². The van der Waals surface area contributed by atoms with E-state index in [9.17, 15) is 4.79 Å². The molecule has 52 valence electrons. The van der Waals surface area contributed by atoms with E-state index in [0.717, 1.165) is 6.42 Å². The molecule has 0 aliphatic carbocycles. The molecule has 0 aromatic heterocycles. The number of carbonyl (C=O) groups is 1. The van der Waals surface area contributed by atoms with E-state index in [-0.39, 0.29) is 5.78 Å². The van der Waals surface area contributed by atoms with Gasteiger partial charge >= 0.3 is 0 Å². The molecule has 0 N–H and O–H groups in total. The first kappa shape index (κ1) is 8.70. The largest absolute Gasteiger partial charge is 0.299 e. The van der Waals surface area contributed by atoms with E-state index >= 15 is 0 Å². The Kier molecular flexibility index (Phi) is 5.64. The van der Waals surface area contributed by atoms with E-state index in [1.54, 1.807) is 6.08 Å². The fourth-order valence-electron chi connectivity index (χ4n) is 0.527. The summed E-state index contributed by atoms with van der Waals surface area (Å²) in [4.78, 5) is 10.7. The first-order chi connectivity index (χ1) is 4.31. The Hall–Kier alpha value is -0.300. The van der Waals surface area contributed by atoms with Crippen LogP contribution in [0.3, 0.4) is 0 Å². The number of Topliss-reactive ketones (excluding diaryl/α,β-unsaturated/α-hetero) is 1. The second-order valence-corrected chi connectivity index (χ2v) is 2.20. The molecule has 0 bridgehead atoms. The number of alkyl halides is 1. The van der Waals surface area contributed by atoms with Gasteiger partial charge in [0.05, 0.1) is 0 Å². The van der Waals surface area contributed by atoms with Gasteiger partial charge in [0.15, 0.2) is 0 Å². The summed E-state index contributed by atoms with van der Waals surface area (Å²) in [5, 5.41) is 0. The molecule has 0 unspecified atom stereocenters. The van der Waals surface area contributed by atoms with Crippen molar-refractivity contribution in [1.29, 1.82) is 0 Å². The van der Waals surface area contributed by atoms with Crippen LogP contribution in [0.4, 0.5) is 0 Å². The third-order valence-electron chi connectivity index (χ3n) is 0.961. The summed E-state index contributed by atoms with van der Waals surface area (Å²) in [7, 11) is 0. The van der Waals surface area contributed by atoms with Crippen LogP contribution < -0.4 is 0 Å². The van der Waals surface area contributed by atoms with Crippen molar-refractivity contribution in [2.75, 3.05) is 5.88 Å².